The van der Waals surface area contributed by atoms with E-state index in [2.05, 4.69) is 23.0 Å². The molecule has 1 aromatic heterocycles. The maximum atomic E-state index is 11.3. The van der Waals surface area contributed by atoms with E-state index in [0.717, 1.165) is 6.54 Å². The van der Waals surface area contributed by atoms with Crippen molar-refractivity contribution < 1.29 is 4.79 Å². The maximum absolute atomic E-state index is 11.3. The van der Waals surface area contributed by atoms with E-state index in [0.29, 0.717) is 17.9 Å². The Bertz CT molecular complexity index is 285. The van der Waals surface area contributed by atoms with E-state index in [9.17, 15) is 4.79 Å². The van der Waals surface area contributed by atoms with Crippen molar-refractivity contribution in [2.24, 2.45) is 0 Å². The summed E-state index contributed by atoms with van der Waals surface area (Å²) in [6, 6.07) is 0. The summed E-state index contributed by atoms with van der Waals surface area (Å²) in [5, 5.41) is 6.72. The molecule has 0 aliphatic rings. The topological polar surface area (TPSA) is 46.9 Å². The van der Waals surface area contributed by atoms with Crippen LogP contribution < -0.4 is 5.32 Å². The molecule has 0 aromatic carbocycles. The molecule has 0 atom stereocenters. The van der Waals surface area contributed by atoms with Crippen LogP contribution in [0.3, 0.4) is 0 Å². The third-order valence-electron chi connectivity index (χ3n) is 1.62. The number of hydrogen-bond acceptors (Lipinski definition) is 3. The Balaban J connectivity index is 2.55. The van der Waals surface area contributed by atoms with Gasteiger partial charge in [0.1, 0.15) is 0 Å². The van der Waals surface area contributed by atoms with E-state index in [1.807, 2.05) is 6.92 Å². The summed E-state index contributed by atoms with van der Waals surface area (Å²) in [6.07, 6.45) is 3.30. The molecule has 0 bridgehead atoms. The Labute approximate surface area is 82.7 Å². The predicted molar refractivity (Wildman–Crippen MR) is 54.1 cm³/mol. The van der Waals surface area contributed by atoms with Crippen LogP contribution in [0.25, 0.3) is 0 Å². The van der Waals surface area contributed by atoms with Gasteiger partial charge in [-0.25, -0.2) is 0 Å². The number of thiol groups is 1. The Hall–Kier alpha value is -0.970. The number of amides is 1. The molecule has 1 aromatic rings. The second-order valence-corrected chi connectivity index (χ2v) is 3.01. The van der Waals surface area contributed by atoms with Gasteiger partial charge in [-0.15, -0.1) is 0 Å². The Kier molecular flexibility index (Phi) is 3.82. The molecule has 0 aliphatic carbocycles. The van der Waals surface area contributed by atoms with E-state index in [1.165, 1.54) is 0 Å². The van der Waals surface area contributed by atoms with Crippen molar-refractivity contribution in [3.05, 3.63) is 18.0 Å². The number of rotatable bonds is 4. The molecule has 0 fully saturated rings. The molecule has 5 heteroatoms. The number of aromatic nitrogens is 2. The van der Waals surface area contributed by atoms with Gasteiger partial charge in [-0.05, 0) is 6.92 Å². The average Bonchev–Trinajstić information content (AvgIpc) is 2.62. The normalized spacial score (nSPS) is 10.0. The number of aryl methyl sites for hydroxylation is 1. The number of nitrogens with one attached hydrogen (secondary N) is 1. The number of carbonyl (C=O) groups excluding carboxylic acids is 1. The lowest BCUT2D eigenvalue weighted by molar-refractivity contribution is 0.0956. The lowest BCUT2D eigenvalue weighted by Crippen LogP contribution is -2.24. The van der Waals surface area contributed by atoms with Gasteiger partial charge in [0.15, 0.2) is 0 Å². The first-order valence-electron chi connectivity index (χ1n) is 4.19. The van der Waals surface area contributed by atoms with Crippen LogP contribution in [0.1, 0.15) is 17.3 Å². The zero-order valence-corrected chi connectivity index (χ0v) is 8.42. The molecule has 1 amide bonds. The molecule has 1 heterocycles. The predicted octanol–water partition coefficient (Wildman–Crippen LogP) is 0.563. The molecule has 1 rings (SSSR count). The minimum Gasteiger partial charge on any atom is -0.351 e. The number of nitrogens with zero attached hydrogens (tertiary/aromatic N) is 2. The largest absolute Gasteiger partial charge is 0.351 e. The standard InChI is InChI=1S/C8H13N3OS/c1-2-11-6-7(5-10-11)8(12)9-3-4-13/h5-6,13H,2-4H2,1H3,(H,9,12). The van der Waals surface area contributed by atoms with Gasteiger partial charge in [0.2, 0.25) is 0 Å². The van der Waals surface area contributed by atoms with Crippen molar-refractivity contribution in [2.75, 3.05) is 12.3 Å². The van der Waals surface area contributed by atoms with Crippen molar-refractivity contribution in [1.29, 1.82) is 0 Å². The van der Waals surface area contributed by atoms with Gasteiger partial charge in [-0.3, -0.25) is 9.48 Å². The molecule has 4 nitrogen and oxygen atoms in total. The second-order valence-electron chi connectivity index (χ2n) is 2.56. The zero-order valence-electron chi connectivity index (χ0n) is 7.53. The molecule has 72 valence electrons. The summed E-state index contributed by atoms with van der Waals surface area (Å²) < 4.78 is 1.72. The average molecular weight is 199 g/mol. The highest BCUT2D eigenvalue weighted by Crippen LogP contribution is 1.96. The van der Waals surface area contributed by atoms with Crippen molar-refractivity contribution >= 4 is 18.5 Å². The molecule has 0 unspecified atom stereocenters. The lowest BCUT2D eigenvalue weighted by Gasteiger charge is -1.98. The van der Waals surface area contributed by atoms with Crippen LogP contribution >= 0.6 is 12.6 Å². The van der Waals surface area contributed by atoms with Crippen LogP contribution in [0.2, 0.25) is 0 Å². The van der Waals surface area contributed by atoms with Gasteiger partial charge in [-0.1, -0.05) is 0 Å². The van der Waals surface area contributed by atoms with Gasteiger partial charge in [0, 0.05) is 25.0 Å². The van der Waals surface area contributed by atoms with E-state index >= 15 is 0 Å². The van der Waals surface area contributed by atoms with Crippen LogP contribution in [0.4, 0.5) is 0 Å². The molecular formula is C8H13N3OS. The molecule has 0 saturated heterocycles. The quantitative estimate of drug-likeness (QED) is 0.696. The van der Waals surface area contributed by atoms with E-state index < -0.39 is 0 Å². The fourth-order valence-corrected chi connectivity index (χ4v) is 1.04. The highest BCUT2D eigenvalue weighted by atomic mass is 32.1. The second kappa shape index (κ2) is 4.91. The van der Waals surface area contributed by atoms with Gasteiger partial charge >= 0.3 is 0 Å². The highest BCUT2D eigenvalue weighted by Gasteiger charge is 2.06. The van der Waals surface area contributed by atoms with Crippen molar-refractivity contribution in [3.8, 4) is 0 Å². The molecular weight excluding hydrogens is 186 g/mol. The lowest BCUT2D eigenvalue weighted by atomic mass is 10.3. The molecule has 0 radical (unpaired) electrons. The van der Waals surface area contributed by atoms with Crippen molar-refractivity contribution in [2.45, 2.75) is 13.5 Å². The fraction of sp³-hybridized carbons (Fsp3) is 0.500. The monoisotopic (exact) mass is 199 g/mol. The zero-order chi connectivity index (χ0) is 9.68. The summed E-state index contributed by atoms with van der Waals surface area (Å²) in [5.41, 5.74) is 0.601. The van der Waals surface area contributed by atoms with Crippen LogP contribution in [0.15, 0.2) is 12.4 Å². The third-order valence-corrected chi connectivity index (χ3v) is 1.84. The Morgan fingerprint density at radius 3 is 3.08 bits per heavy atom. The summed E-state index contributed by atoms with van der Waals surface area (Å²) in [6.45, 7) is 3.33. The highest BCUT2D eigenvalue weighted by molar-refractivity contribution is 7.80. The SMILES string of the molecule is CCn1cc(C(=O)NCCS)cn1. The van der Waals surface area contributed by atoms with Crippen LogP contribution in [0.5, 0.6) is 0 Å². The molecule has 13 heavy (non-hydrogen) atoms. The van der Waals surface area contributed by atoms with Crippen molar-refractivity contribution in [3.63, 3.8) is 0 Å². The maximum Gasteiger partial charge on any atom is 0.254 e. The number of hydrogen-bond donors (Lipinski definition) is 2. The summed E-state index contributed by atoms with van der Waals surface area (Å²) in [7, 11) is 0. The van der Waals surface area contributed by atoms with Crippen LogP contribution in [0, 0.1) is 0 Å². The van der Waals surface area contributed by atoms with E-state index in [1.54, 1.807) is 17.1 Å². The van der Waals surface area contributed by atoms with Gasteiger partial charge in [-0.2, -0.15) is 17.7 Å². The number of carbonyl (C=O) groups is 1. The molecule has 0 saturated carbocycles. The summed E-state index contributed by atoms with van der Waals surface area (Å²) >= 11 is 4.00. The summed E-state index contributed by atoms with van der Waals surface area (Å²) in [4.78, 5) is 11.3. The van der Waals surface area contributed by atoms with Gasteiger partial charge in [0.05, 0.1) is 11.8 Å². The van der Waals surface area contributed by atoms with Crippen molar-refractivity contribution in [1.82, 2.24) is 15.1 Å². The Morgan fingerprint density at radius 1 is 1.77 bits per heavy atom. The molecule has 1 N–H and O–H groups in total. The van der Waals surface area contributed by atoms with Crippen LogP contribution in [-0.2, 0) is 6.54 Å². The smallest absolute Gasteiger partial charge is 0.254 e. The van der Waals surface area contributed by atoms with Crippen LogP contribution in [-0.4, -0.2) is 28.0 Å². The minimum atomic E-state index is -0.0891. The van der Waals surface area contributed by atoms with Gasteiger partial charge in [0.25, 0.3) is 5.91 Å². The van der Waals surface area contributed by atoms with E-state index in [4.69, 9.17) is 0 Å². The van der Waals surface area contributed by atoms with Gasteiger partial charge < -0.3 is 5.32 Å². The first-order valence-corrected chi connectivity index (χ1v) is 4.82. The third kappa shape index (κ3) is 2.77. The fourth-order valence-electron chi connectivity index (χ4n) is 0.925. The summed E-state index contributed by atoms with van der Waals surface area (Å²) in [5.74, 6) is 0.557. The first kappa shape index (κ1) is 10.1. The first-order chi connectivity index (χ1) is 6.27. The van der Waals surface area contributed by atoms with E-state index in [-0.39, 0.29) is 5.91 Å². The molecule has 0 spiro atoms. The Morgan fingerprint density at radius 2 is 2.54 bits per heavy atom. The molecule has 0 aliphatic heterocycles. The minimum absolute atomic E-state index is 0.0891.